The van der Waals surface area contributed by atoms with Crippen LogP contribution < -0.4 is 4.74 Å². The lowest BCUT2D eigenvalue weighted by molar-refractivity contribution is -0.122. The zero-order valence-corrected chi connectivity index (χ0v) is 27.2. The first-order valence-corrected chi connectivity index (χ1v) is 16.8. The Kier molecular flexibility index (Phi) is 26.4. The van der Waals surface area contributed by atoms with Crippen LogP contribution in [0, 0.1) is 0 Å². The normalized spacial score (nSPS) is 11.2. The first kappa shape index (κ1) is 38.8. The first-order valence-electron chi connectivity index (χ1n) is 14.5. The van der Waals surface area contributed by atoms with Crippen LogP contribution in [0.5, 0.6) is 5.75 Å². The Morgan fingerprint density at radius 1 is 0.548 bits per heavy atom. The largest absolute Gasteiger partial charge is 0.491 e. The molecule has 0 fully saturated rings. The topological polar surface area (TPSA) is 108 Å². The molecule has 0 heterocycles. The molecule has 0 saturated carbocycles. The molecule has 0 radical (unpaired) electrons. The highest BCUT2D eigenvalue weighted by Crippen LogP contribution is 2.24. The molecule has 0 unspecified atom stereocenters. The standard InChI is InChI=1S/C30H50O10S2/c1-4-33-13-14-40-30-20-28(24-41-17-15-36-7-5-34-9-11-38-22-26(2)31)19-29(21-30)25-42-18-16-37-8-6-35-10-12-39-23-27(3)32/h19-21H,4-18,22-25H2,1-3H3. The van der Waals surface area contributed by atoms with Gasteiger partial charge in [-0.15, -0.1) is 0 Å². The summed E-state index contributed by atoms with van der Waals surface area (Å²) in [6.45, 7) is 12.1. The van der Waals surface area contributed by atoms with Crippen LogP contribution in [0.4, 0.5) is 0 Å². The van der Waals surface area contributed by atoms with E-state index in [0.717, 1.165) is 28.8 Å². The summed E-state index contributed by atoms with van der Waals surface area (Å²) in [5, 5.41) is 0. The molecule has 1 aromatic rings. The Bertz CT molecular complexity index is 756. The second kappa shape index (κ2) is 28.5. The summed E-state index contributed by atoms with van der Waals surface area (Å²) in [7, 11) is 0. The third-order valence-electron chi connectivity index (χ3n) is 5.11. The van der Waals surface area contributed by atoms with E-state index in [9.17, 15) is 9.59 Å². The Morgan fingerprint density at radius 2 is 0.952 bits per heavy atom. The molecule has 0 amide bonds. The van der Waals surface area contributed by atoms with Crippen LogP contribution in [-0.2, 0) is 54.3 Å². The Labute approximate surface area is 260 Å². The zero-order chi connectivity index (χ0) is 30.5. The molecule has 12 heteroatoms. The van der Waals surface area contributed by atoms with E-state index >= 15 is 0 Å². The average molecular weight is 635 g/mol. The summed E-state index contributed by atoms with van der Waals surface area (Å²) in [5.41, 5.74) is 2.44. The lowest BCUT2D eigenvalue weighted by atomic mass is 10.1. The maximum Gasteiger partial charge on any atom is 0.155 e. The summed E-state index contributed by atoms with van der Waals surface area (Å²) in [6, 6.07) is 6.44. The number of ether oxygens (including phenoxy) is 8. The predicted octanol–water partition coefficient (Wildman–Crippen LogP) is 3.85. The van der Waals surface area contributed by atoms with E-state index < -0.39 is 0 Å². The third kappa shape index (κ3) is 25.3. The smallest absolute Gasteiger partial charge is 0.155 e. The molecule has 0 aliphatic carbocycles. The number of thioether (sulfide) groups is 2. The average Bonchev–Trinajstić information content (AvgIpc) is 2.96. The monoisotopic (exact) mass is 634 g/mol. The molecular formula is C30H50O10S2. The van der Waals surface area contributed by atoms with Crippen molar-refractivity contribution >= 4 is 35.1 Å². The van der Waals surface area contributed by atoms with Crippen molar-refractivity contribution in [3.05, 3.63) is 29.3 Å². The van der Waals surface area contributed by atoms with Gasteiger partial charge >= 0.3 is 0 Å². The highest BCUT2D eigenvalue weighted by molar-refractivity contribution is 7.98. The second-order valence-electron chi connectivity index (χ2n) is 9.09. The minimum absolute atomic E-state index is 0.0122. The van der Waals surface area contributed by atoms with Crippen molar-refractivity contribution in [2.45, 2.75) is 32.3 Å². The Morgan fingerprint density at radius 3 is 1.38 bits per heavy atom. The minimum atomic E-state index is 0.0122. The number of hydrogen-bond acceptors (Lipinski definition) is 12. The fraction of sp³-hybridized carbons (Fsp3) is 0.733. The van der Waals surface area contributed by atoms with E-state index in [1.165, 1.54) is 25.0 Å². The van der Waals surface area contributed by atoms with Crippen molar-refractivity contribution in [2.24, 2.45) is 0 Å². The molecule has 0 bridgehead atoms. The van der Waals surface area contributed by atoms with E-state index in [2.05, 4.69) is 18.2 Å². The maximum absolute atomic E-state index is 10.8. The molecule has 0 saturated heterocycles. The van der Waals surface area contributed by atoms with Gasteiger partial charge in [0.1, 0.15) is 25.6 Å². The van der Waals surface area contributed by atoms with Gasteiger partial charge in [-0.2, -0.15) is 23.5 Å². The van der Waals surface area contributed by atoms with E-state index in [0.29, 0.717) is 85.9 Å². The predicted molar refractivity (Wildman–Crippen MR) is 167 cm³/mol. The van der Waals surface area contributed by atoms with Crippen LogP contribution in [0.1, 0.15) is 31.9 Å². The molecule has 0 atom stereocenters. The molecule has 10 nitrogen and oxygen atoms in total. The molecule has 0 spiro atoms. The number of carbonyl (C=O) groups excluding carboxylic acids is 2. The van der Waals surface area contributed by atoms with E-state index in [1.54, 1.807) is 0 Å². The molecule has 242 valence electrons. The fourth-order valence-electron chi connectivity index (χ4n) is 3.27. The van der Waals surface area contributed by atoms with Crippen molar-refractivity contribution in [2.75, 3.05) is 111 Å². The van der Waals surface area contributed by atoms with Gasteiger partial charge < -0.3 is 37.9 Å². The summed E-state index contributed by atoms with van der Waals surface area (Å²) in [6.07, 6.45) is 0. The summed E-state index contributed by atoms with van der Waals surface area (Å²) >= 11 is 3.64. The molecule has 0 aliphatic heterocycles. The van der Waals surface area contributed by atoms with E-state index in [1.807, 2.05) is 30.4 Å². The number of rotatable bonds is 31. The van der Waals surface area contributed by atoms with Gasteiger partial charge in [0.15, 0.2) is 11.6 Å². The van der Waals surface area contributed by atoms with Gasteiger partial charge in [0, 0.05) is 29.6 Å². The first-order chi connectivity index (χ1) is 20.5. The van der Waals surface area contributed by atoms with Crippen molar-refractivity contribution in [3.8, 4) is 5.75 Å². The van der Waals surface area contributed by atoms with Crippen LogP contribution in [-0.4, -0.2) is 122 Å². The third-order valence-corrected chi connectivity index (χ3v) is 7.09. The van der Waals surface area contributed by atoms with Crippen LogP contribution in [0.15, 0.2) is 18.2 Å². The van der Waals surface area contributed by atoms with Gasteiger partial charge in [0.25, 0.3) is 0 Å². The lowest BCUT2D eigenvalue weighted by Gasteiger charge is -2.12. The van der Waals surface area contributed by atoms with Crippen LogP contribution in [0.25, 0.3) is 0 Å². The number of carbonyl (C=O) groups is 2. The van der Waals surface area contributed by atoms with E-state index in [-0.39, 0.29) is 24.8 Å². The van der Waals surface area contributed by atoms with Crippen molar-refractivity contribution in [1.29, 1.82) is 0 Å². The van der Waals surface area contributed by atoms with Gasteiger partial charge in [-0.25, -0.2) is 0 Å². The van der Waals surface area contributed by atoms with Gasteiger partial charge in [-0.3, -0.25) is 9.59 Å². The molecule has 42 heavy (non-hydrogen) atoms. The Hall–Kier alpha value is -1.22. The van der Waals surface area contributed by atoms with Gasteiger partial charge in [0.05, 0.1) is 72.7 Å². The summed E-state index contributed by atoms with van der Waals surface area (Å²) in [4.78, 5) is 21.6. The Balaban J connectivity index is 2.24. The van der Waals surface area contributed by atoms with Crippen molar-refractivity contribution in [1.82, 2.24) is 0 Å². The molecule has 1 rings (SSSR count). The van der Waals surface area contributed by atoms with Crippen LogP contribution in [0.3, 0.4) is 0 Å². The highest BCUT2D eigenvalue weighted by atomic mass is 32.2. The molecule has 0 aromatic heterocycles. The molecule has 1 aromatic carbocycles. The number of hydrogen-bond donors (Lipinski definition) is 0. The zero-order valence-electron chi connectivity index (χ0n) is 25.6. The maximum atomic E-state index is 10.8. The summed E-state index contributed by atoms with van der Waals surface area (Å²) < 4.78 is 43.8. The summed E-state index contributed by atoms with van der Waals surface area (Å²) in [5.74, 6) is 4.40. The minimum Gasteiger partial charge on any atom is -0.491 e. The number of benzene rings is 1. The van der Waals surface area contributed by atoms with Crippen LogP contribution >= 0.6 is 23.5 Å². The van der Waals surface area contributed by atoms with Crippen LogP contribution in [0.2, 0.25) is 0 Å². The van der Waals surface area contributed by atoms with Gasteiger partial charge in [-0.05, 0) is 44.0 Å². The highest BCUT2D eigenvalue weighted by Gasteiger charge is 2.05. The van der Waals surface area contributed by atoms with Crippen molar-refractivity contribution < 1.29 is 47.5 Å². The molecular weight excluding hydrogens is 584 g/mol. The number of ketones is 2. The van der Waals surface area contributed by atoms with Gasteiger partial charge in [0.2, 0.25) is 0 Å². The lowest BCUT2D eigenvalue weighted by Crippen LogP contribution is -2.12. The fourth-order valence-corrected chi connectivity index (χ4v) is 4.83. The van der Waals surface area contributed by atoms with Crippen molar-refractivity contribution in [3.63, 3.8) is 0 Å². The van der Waals surface area contributed by atoms with Gasteiger partial charge in [-0.1, -0.05) is 6.07 Å². The second-order valence-corrected chi connectivity index (χ2v) is 11.3. The SMILES string of the molecule is CCOCCOc1cc(CSCCOCCOCCOCC(C)=O)cc(CSCCOCCOCCOCC(C)=O)c1. The molecule has 0 aliphatic rings. The molecule has 0 N–H and O–H groups in total. The van der Waals surface area contributed by atoms with E-state index in [4.69, 9.17) is 37.9 Å². The number of Topliss-reactive ketones (excluding diaryl/α,β-unsaturated/α-hetero) is 2. The quantitative estimate of drug-likeness (QED) is 0.111.